The smallest absolute Gasteiger partial charge is 0.294 e. The largest absolute Gasteiger partial charge is 0.379 e. The van der Waals surface area contributed by atoms with Crippen LogP contribution in [-0.2, 0) is 16.6 Å². The van der Waals surface area contributed by atoms with E-state index < -0.39 is 17.6 Å². The monoisotopic (exact) mass is 472 g/mol. The molecule has 0 aliphatic carbocycles. The molecule has 0 radical (unpaired) electrons. The number of nitrogens with one attached hydrogen (secondary N) is 2. The Morgan fingerprint density at radius 2 is 1.76 bits per heavy atom. The summed E-state index contributed by atoms with van der Waals surface area (Å²) >= 11 is 0. The molecule has 2 N–H and O–H groups in total. The van der Waals surface area contributed by atoms with Gasteiger partial charge in [0.2, 0.25) is 0 Å². The molecule has 3 rings (SSSR count). The zero-order valence-corrected chi connectivity index (χ0v) is 20.7. The van der Waals surface area contributed by atoms with Gasteiger partial charge in [-0.2, -0.15) is 0 Å². The molecule has 0 bridgehead atoms. The quantitative estimate of drug-likeness (QED) is 0.478. The molecule has 9 heteroatoms. The van der Waals surface area contributed by atoms with Crippen LogP contribution in [0.2, 0.25) is 0 Å². The van der Waals surface area contributed by atoms with E-state index in [1.807, 2.05) is 13.8 Å². The van der Waals surface area contributed by atoms with Crippen molar-refractivity contribution in [2.24, 2.45) is 7.05 Å². The van der Waals surface area contributed by atoms with Crippen molar-refractivity contribution in [3.63, 3.8) is 0 Å². The zero-order chi connectivity index (χ0) is 25.2. The number of Topliss-reactive ketones (excluding diaryl/α,β-unsaturated/α-hetero) is 1. The van der Waals surface area contributed by atoms with Crippen molar-refractivity contribution in [2.45, 2.75) is 40.2 Å². The second-order valence-corrected chi connectivity index (χ2v) is 9.33. The number of carbonyl (C=O) groups is 3. The predicted molar refractivity (Wildman–Crippen MR) is 128 cm³/mol. The van der Waals surface area contributed by atoms with Gasteiger partial charge in [-0.1, -0.05) is 0 Å². The molecule has 1 aromatic heterocycles. The third-order valence-electron chi connectivity index (χ3n) is 6.54. The van der Waals surface area contributed by atoms with Crippen molar-refractivity contribution in [2.75, 3.05) is 38.2 Å². The van der Waals surface area contributed by atoms with Gasteiger partial charge in [-0.25, -0.2) is 4.39 Å². The number of ether oxygens (including phenoxy) is 1. The Kier molecular flexibility index (Phi) is 7.57. The summed E-state index contributed by atoms with van der Waals surface area (Å²) in [4.78, 5) is 41.1. The van der Waals surface area contributed by atoms with Crippen LogP contribution in [0.5, 0.6) is 0 Å². The molecular weight excluding hydrogens is 439 g/mol. The van der Waals surface area contributed by atoms with Crippen LogP contribution in [-0.4, -0.2) is 65.5 Å². The van der Waals surface area contributed by atoms with E-state index in [0.717, 1.165) is 13.1 Å². The van der Waals surface area contributed by atoms with E-state index in [9.17, 15) is 18.8 Å². The second-order valence-electron chi connectivity index (χ2n) is 9.33. The fraction of sp³-hybridized carbons (Fsp3) is 0.480. The third-order valence-corrected chi connectivity index (χ3v) is 6.54. The van der Waals surface area contributed by atoms with Crippen LogP contribution in [0.15, 0.2) is 18.2 Å². The Morgan fingerprint density at radius 3 is 2.38 bits per heavy atom. The van der Waals surface area contributed by atoms with Gasteiger partial charge in [0.05, 0.1) is 24.5 Å². The lowest BCUT2D eigenvalue weighted by molar-refractivity contribution is -0.117. The molecule has 0 unspecified atom stereocenters. The number of hydrogen-bond acceptors (Lipinski definition) is 5. The minimum absolute atomic E-state index is 0.166. The highest BCUT2D eigenvalue weighted by molar-refractivity contribution is 6.43. The molecule has 34 heavy (non-hydrogen) atoms. The van der Waals surface area contributed by atoms with Gasteiger partial charge in [0.25, 0.3) is 17.6 Å². The standard InChI is InChI=1S/C25H33FN4O4/c1-15-13-18(7-8-19(15)26)28-23(32)20-16(2)21(29(6)17(20)3)22(31)24(33)27-14-25(4,5)30-9-11-34-12-10-30/h7-8,13H,9-12,14H2,1-6H3,(H,27,33)(H,28,32). The van der Waals surface area contributed by atoms with Crippen molar-refractivity contribution in [3.05, 3.63) is 52.1 Å². The average Bonchev–Trinajstić information content (AvgIpc) is 3.02. The summed E-state index contributed by atoms with van der Waals surface area (Å²) in [5, 5.41) is 5.51. The summed E-state index contributed by atoms with van der Waals surface area (Å²) in [5.74, 6) is -2.20. The Morgan fingerprint density at radius 1 is 1.12 bits per heavy atom. The van der Waals surface area contributed by atoms with E-state index in [0.29, 0.717) is 47.8 Å². The first-order valence-electron chi connectivity index (χ1n) is 11.3. The Bertz CT molecular complexity index is 1120. The van der Waals surface area contributed by atoms with Gasteiger partial charge in [-0.3, -0.25) is 19.3 Å². The fourth-order valence-corrected chi connectivity index (χ4v) is 4.31. The minimum atomic E-state index is -0.717. The molecule has 1 saturated heterocycles. The third kappa shape index (κ3) is 5.20. The summed E-state index contributed by atoms with van der Waals surface area (Å²) in [5.41, 5.74) is 1.97. The number of benzene rings is 1. The summed E-state index contributed by atoms with van der Waals surface area (Å²) in [6.07, 6.45) is 0. The SMILES string of the molecule is Cc1cc(NC(=O)c2c(C)c(C(=O)C(=O)NCC(C)(C)N3CCOCC3)n(C)c2C)ccc1F. The highest BCUT2D eigenvalue weighted by Gasteiger charge is 2.32. The van der Waals surface area contributed by atoms with Crippen LogP contribution in [0.1, 0.15) is 51.5 Å². The number of ketones is 1. The van der Waals surface area contributed by atoms with Gasteiger partial charge in [0, 0.05) is 43.6 Å². The molecule has 2 amide bonds. The Balaban J connectivity index is 1.75. The van der Waals surface area contributed by atoms with Crippen LogP contribution in [0.25, 0.3) is 0 Å². The van der Waals surface area contributed by atoms with E-state index in [1.165, 1.54) is 18.2 Å². The van der Waals surface area contributed by atoms with E-state index in [-0.39, 0.29) is 17.1 Å². The van der Waals surface area contributed by atoms with E-state index in [2.05, 4.69) is 15.5 Å². The zero-order valence-electron chi connectivity index (χ0n) is 20.7. The van der Waals surface area contributed by atoms with Gasteiger partial charge < -0.3 is 19.9 Å². The predicted octanol–water partition coefficient (Wildman–Crippen LogP) is 2.75. The maximum Gasteiger partial charge on any atom is 0.294 e. The average molecular weight is 473 g/mol. The molecule has 1 aliphatic heterocycles. The van der Waals surface area contributed by atoms with E-state index >= 15 is 0 Å². The van der Waals surface area contributed by atoms with Crippen molar-refractivity contribution in [1.82, 2.24) is 14.8 Å². The van der Waals surface area contributed by atoms with Crippen molar-refractivity contribution < 1.29 is 23.5 Å². The highest BCUT2D eigenvalue weighted by atomic mass is 19.1. The highest BCUT2D eigenvalue weighted by Crippen LogP contribution is 2.24. The first kappa shape index (κ1) is 25.6. The molecule has 2 aromatic rings. The van der Waals surface area contributed by atoms with Crippen molar-refractivity contribution in [3.8, 4) is 0 Å². The lowest BCUT2D eigenvalue weighted by Crippen LogP contribution is -2.56. The summed E-state index contributed by atoms with van der Waals surface area (Å²) < 4.78 is 20.5. The number of aryl methyl sites for hydroxylation is 1. The van der Waals surface area contributed by atoms with Crippen LogP contribution in [0, 0.1) is 26.6 Å². The van der Waals surface area contributed by atoms with Gasteiger partial charge in [-0.15, -0.1) is 0 Å². The molecular formula is C25H33FN4O4. The molecule has 0 atom stereocenters. The molecule has 184 valence electrons. The Labute approximate surface area is 199 Å². The first-order valence-corrected chi connectivity index (χ1v) is 11.3. The normalized spacial score (nSPS) is 14.7. The molecule has 1 aliphatic rings. The summed E-state index contributed by atoms with van der Waals surface area (Å²) in [6, 6.07) is 4.30. The number of anilines is 1. The summed E-state index contributed by atoms with van der Waals surface area (Å²) in [7, 11) is 1.65. The lowest BCUT2D eigenvalue weighted by atomic mass is 10.0. The van der Waals surface area contributed by atoms with E-state index in [4.69, 9.17) is 4.74 Å². The van der Waals surface area contributed by atoms with E-state index in [1.54, 1.807) is 32.4 Å². The second kappa shape index (κ2) is 10.1. The van der Waals surface area contributed by atoms with Gasteiger partial charge in [0.1, 0.15) is 5.82 Å². The molecule has 0 saturated carbocycles. The van der Waals surface area contributed by atoms with Gasteiger partial charge in [0.15, 0.2) is 0 Å². The molecule has 0 spiro atoms. The number of hydrogen-bond donors (Lipinski definition) is 2. The number of amides is 2. The van der Waals surface area contributed by atoms with Crippen LogP contribution < -0.4 is 10.6 Å². The summed E-state index contributed by atoms with van der Waals surface area (Å²) in [6.45, 7) is 12.1. The Hall–Kier alpha value is -3.04. The maximum atomic E-state index is 13.6. The van der Waals surface area contributed by atoms with Crippen LogP contribution in [0.4, 0.5) is 10.1 Å². The number of rotatable bonds is 7. The topological polar surface area (TPSA) is 92.7 Å². The van der Waals surface area contributed by atoms with Gasteiger partial charge >= 0.3 is 0 Å². The number of morpholine rings is 1. The number of halogens is 1. The number of carbonyl (C=O) groups excluding carboxylic acids is 3. The lowest BCUT2D eigenvalue weighted by Gasteiger charge is -2.40. The minimum Gasteiger partial charge on any atom is -0.379 e. The fourth-order valence-electron chi connectivity index (χ4n) is 4.31. The van der Waals surface area contributed by atoms with Crippen LogP contribution in [0.3, 0.4) is 0 Å². The van der Waals surface area contributed by atoms with Crippen molar-refractivity contribution >= 4 is 23.3 Å². The first-order chi connectivity index (χ1) is 15.9. The molecule has 1 fully saturated rings. The van der Waals surface area contributed by atoms with Crippen molar-refractivity contribution in [1.29, 1.82) is 0 Å². The molecule has 8 nitrogen and oxygen atoms in total. The van der Waals surface area contributed by atoms with Gasteiger partial charge in [-0.05, 0) is 63.9 Å². The maximum absolute atomic E-state index is 13.6. The molecule has 2 heterocycles. The van der Waals surface area contributed by atoms with Crippen LogP contribution >= 0.6 is 0 Å². The molecule has 1 aromatic carbocycles. The number of aromatic nitrogens is 1. The number of nitrogens with zero attached hydrogens (tertiary/aromatic N) is 2.